The summed E-state index contributed by atoms with van der Waals surface area (Å²) in [5, 5.41) is 5.00. The Bertz CT molecular complexity index is 1020. The molecule has 0 atom stereocenters. The Balaban J connectivity index is 1.72. The lowest BCUT2D eigenvalue weighted by Gasteiger charge is -2.36. The summed E-state index contributed by atoms with van der Waals surface area (Å²) in [5.74, 6) is 0.125. The van der Waals surface area contributed by atoms with Crippen molar-refractivity contribution in [1.82, 2.24) is 9.78 Å². The fraction of sp³-hybridized carbons (Fsp3) is 0.607. The molecule has 6 nitrogen and oxygen atoms in total. The van der Waals surface area contributed by atoms with Gasteiger partial charge in [-0.3, -0.25) is 14.3 Å². The van der Waals surface area contributed by atoms with Crippen molar-refractivity contribution in [2.45, 2.75) is 94.8 Å². The van der Waals surface area contributed by atoms with Gasteiger partial charge in [-0.15, -0.1) is 11.8 Å². The maximum absolute atomic E-state index is 13.1. The predicted molar refractivity (Wildman–Crippen MR) is 149 cm³/mol. The number of hydrogen-bond donors (Lipinski definition) is 0. The minimum Gasteiger partial charge on any atom is -0.468 e. The van der Waals surface area contributed by atoms with Gasteiger partial charge in [0.1, 0.15) is 5.69 Å². The predicted octanol–water partition coefficient (Wildman–Crippen LogP) is 7.31. The number of hydrogen-bond acceptors (Lipinski definition) is 6. The minimum absolute atomic E-state index is 0.0786. The number of Topliss-reactive ketones (excluding diaryl/α,β-unsaturated/α-hetero) is 1. The lowest BCUT2D eigenvalue weighted by Crippen LogP contribution is -2.41. The summed E-state index contributed by atoms with van der Waals surface area (Å²) in [5.41, 5.74) is 2.58. The van der Waals surface area contributed by atoms with Gasteiger partial charge in [0.2, 0.25) is 0 Å². The third-order valence-corrected chi connectivity index (χ3v) is 13.0. The van der Waals surface area contributed by atoms with E-state index in [0.717, 1.165) is 29.0 Å². The van der Waals surface area contributed by atoms with Crippen LogP contribution >= 0.6 is 11.8 Å². The molecule has 2 aromatic rings. The molecule has 0 spiro atoms. The van der Waals surface area contributed by atoms with Gasteiger partial charge in [-0.1, -0.05) is 52.2 Å². The van der Waals surface area contributed by atoms with Gasteiger partial charge in [-0.25, -0.2) is 0 Å². The Kier molecular flexibility index (Phi) is 10.0. The van der Waals surface area contributed by atoms with E-state index >= 15 is 0 Å². The van der Waals surface area contributed by atoms with E-state index in [4.69, 9.17) is 14.3 Å². The van der Waals surface area contributed by atoms with E-state index in [1.807, 2.05) is 18.2 Å². The molecule has 0 saturated heterocycles. The summed E-state index contributed by atoms with van der Waals surface area (Å²) < 4.78 is 13.1. The third kappa shape index (κ3) is 7.55. The zero-order valence-corrected chi connectivity index (χ0v) is 24.6. The number of methoxy groups -OCH3 is 1. The molecule has 1 aliphatic carbocycles. The first-order valence-corrected chi connectivity index (χ1v) is 17.0. The summed E-state index contributed by atoms with van der Waals surface area (Å²) in [7, 11) is -0.404. The lowest BCUT2D eigenvalue weighted by molar-refractivity contribution is -0.137. The monoisotopic (exact) mass is 530 g/mol. The van der Waals surface area contributed by atoms with Gasteiger partial charge >= 0.3 is 5.97 Å². The van der Waals surface area contributed by atoms with Crippen LogP contribution in [0.3, 0.4) is 0 Å². The molecule has 0 aliphatic heterocycles. The summed E-state index contributed by atoms with van der Waals surface area (Å²) in [6.07, 6.45) is 6.99. The standard InChI is InChI=1S/C28H42N2O4SSi/c1-28(2,3)36(5,6)34-18-10-13-26(31)24-19-25(30(29-24)22-11-8-7-9-12-22)21-14-16-23(17-15-21)35-20-27(32)33-4/h14-17,19,22H,7-13,18,20H2,1-6H3. The molecular weight excluding hydrogens is 488 g/mol. The molecule has 1 aliphatic rings. The highest BCUT2D eigenvalue weighted by Gasteiger charge is 2.36. The first kappa shape index (κ1) is 28.7. The van der Waals surface area contributed by atoms with Crippen molar-refractivity contribution in [3.8, 4) is 11.3 Å². The Labute approximate surface area is 221 Å². The molecule has 0 unspecified atom stereocenters. The topological polar surface area (TPSA) is 70.4 Å². The van der Waals surface area contributed by atoms with Gasteiger partial charge in [-0.2, -0.15) is 5.10 Å². The van der Waals surface area contributed by atoms with Crippen molar-refractivity contribution in [2.24, 2.45) is 0 Å². The number of carbonyl (C=O) groups is 2. The molecule has 3 rings (SSSR count). The molecule has 1 aromatic heterocycles. The van der Waals surface area contributed by atoms with Gasteiger partial charge in [0.05, 0.1) is 24.6 Å². The fourth-order valence-corrected chi connectivity index (χ4v) is 6.00. The summed E-state index contributed by atoms with van der Waals surface area (Å²) in [6.45, 7) is 11.8. The van der Waals surface area contributed by atoms with Gasteiger partial charge < -0.3 is 9.16 Å². The summed E-state index contributed by atoms with van der Waals surface area (Å²) in [4.78, 5) is 25.6. The number of rotatable bonds is 11. The Morgan fingerprint density at radius 1 is 1.11 bits per heavy atom. The SMILES string of the molecule is COC(=O)CSc1ccc(-c2cc(C(=O)CCCO[Si](C)(C)C(C)(C)C)nn2C2CCCCC2)cc1. The average molecular weight is 531 g/mol. The fourth-order valence-electron chi connectivity index (χ4n) is 4.18. The van der Waals surface area contributed by atoms with Crippen LogP contribution in [0.2, 0.25) is 18.1 Å². The van der Waals surface area contributed by atoms with Gasteiger partial charge in [0.25, 0.3) is 0 Å². The van der Waals surface area contributed by atoms with Crippen molar-refractivity contribution < 1.29 is 18.8 Å². The van der Waals surface area contributed by atoms with Crippen LogP contribution in [0, 0.1) is 0 Å². The first-order valence-electron chi connectivity index (χ1n) is 13.1. The lowest BCUT2D eigenvalue weighted by atomic mass is 9.95. The average Bonchev–Trinajstić information content (AvgIpc) is 3.31. The normalized spacial score (nSPS) is 15.2. The molecule has 1 fully saturated rings. The van der Waals surface area contributed by atoms with E-state index in [0.29, 0.717) is 31.2 Å². The number of ketones is 1. The van der Waals surface area contributed by atoms with Crippen LogP contribution in [-0.4, -0.2) is 49.3 Å². The molecule has 0 radical (unpaired) electrons. The van der Waals surface area contributed by atoms with E-state index in [1.54, 1.807) is 0 Å². The smallest absolute Gasteiger partial charge is 0.315 e. The van der Waals surface area contributed by atoms with Gasteiger partial charge in [0.15, 0.2) is 14.1 Å². The largest absolute Gasteiger partial charge is 0.468 e. The number of aromatic nitrogens is 2. The van der Waals surface area contributed by atoms with Crippen LogP contribution in [-0.2, 0) is 14.0 Å². The number of benzene rings is 1. The Morgan fingerprint density at radius 2 is 1.78 bits per heavy atom. The van der Waals surface area contributed by atoms with E-state index in [2.05, 4.69) is 50.7 Å². The van der Waals surface area contributed by atoms with Crippen LogP contribution in [0.4, 0.5) is 0 Å². The van der Waals surface area contributed by atoms with Crippen molar-refractivity contribution in [2.75, 3.05) is 19.5 Å². The Hall–Kier alpha value is -1.90. The van der Waals surface area contributed by atoms with E-state index < -0.39 is 8.32 Å². The van der Waals surface area contributed by atoms with Crippen LogP contribution in [0.25, 0.3) is 11.3 Å². The summed E-state index contributed by atoms with van der Waals surface area (Å²) >= 11 is 1.45. The second-order valence-corrected chi connectivity index (χ2v) is 17.0. The molecule has 8 heteroatoms. The van der Waals surface area contributed by atoms with E-state index in [1.165, 1.54) is 38.1 Å². The van der Waals surface area contributed by atoms with Gasteiger partial charge in [-0.05, 0) is 61.2 Å². The first-order chi connectivity index (χ1) is 17.0. The number of thioether (sulfide) groups is 1. The number of ether oxygens (including phenoxy) is 1. The number of esters is 1. The summed E-state index contributed by atoms with van der Waals surface area (Å²) in [6, 6.07) is 10.4. The van der Waals surface area contributed by atoms with Crippen LogP contribution in [0.5, 0.6) is 0 Å². The van der Waals surface area contributed by atoms with E-state index in [-0.39, 0.29) is 22.5 Å². The second-order valence-electron chi connectivity index (χ2n) is 11.2. The number of carbonyl (C=O) groups excluding carboxylic acids is 2. The molecular formula is C28H42N2O4SSi. The molecule has 1 saturated carbocycles. The molecule has 0 bridgehead atoms. The second kappa shape index (κ2) is 12.6. The van der Waals surface area contributed by atoms with Crippen molar-refractivity contribution in [3.05, 3.63) is 36.0 Å². The molecule has 36 heavy (non-hydrogen) atoms. The quantitative estimate of drug-likeness (QED) is 0.0997. The zero-order valence-electron chi connectivity index (χ0n) is 22.8. The molecule has 198 valence electrons. The Morgan fingerprint density at radius 3 is 2.39 bits per heavy atom. The number of nitrogens with zero attached hydrogens (tertiary/aromatic N) is 2. The third-order valence-electron chi connectivity index (χ3n) is 7.49. The highest BCUT2D eigenvalue weighted by molar-refractivity contribution is 8.00. The van der Waals surface area contributed by atoms with Gasteiger partial charge in [0, 0.05) is 17.9 Å². The maximum atomic E-state index is 13.1. The van der Waals surface area contributed by atoms with Crippen LogP contribution < -0.4 is 0 Å². The highest BCUT2D eigenvalue weighted by atomic mass is 32.2. The highest BCUT2D eigenvalue weighted by Crippen LogP contribution is 2.37. The van der Waals surface area contributed by atoms with Crippen molar-refractivity contribution in [3.63, 3.8) is 0 Å². The van der Waals surface area contributed by atoms with Crippen LogP contribution in [0.15, 0.2) is 35.2 Å². The van der Waals surface area contributed by atoms with Crippen molar-refractivity contribution >= 4 is 31.8 Å². The molecule has 0 amide bonds. The zero-order chi connectivity index (χ0) is 26.3. The molecule has 1 heterocycles. The van der Waals surface area contributed by atoms with E-state index in [9.17, 15) is 9.59 Å². The minimum atomic E-state index is -1.81. The maximum Gasteiger partial charge on any atom is 0.315 e. The van der Waals surface area contributed by atoms with Crippen molar-refractivity contribution in [1.29, 1.82) is 0 Å². The molecule has 0 N–H and O–H groups in total. The molecule has 1 aromatic carbocycles. The van der Waals surface area contributed by atoms with Crippen LogP contribution in [0.1, 0.15) is 82.2 Å².